The third-order valence-corrected chi connectivity index (χ3v) is 5.68. The van der Waals surface area contributed by atoms with Crippen molar-refractivity contribution in [3.8, 4) is 17.1 Å². The van der Waals surface area contributed by atoms with Gasteiger partial charge in [0.2, 0.25) is 5.95 Å². The molecule has 4 aromatic rings. The van der Waals surface area contributed by atoms with Gasteiger partial charge in [-0.15, -0.1) is 15.3 Å². The quantitative estimate of drug-likeness (QED) is 0.434. The molecule has 0 atom stereocenters. The molecule has 1 saturated heterocycles. The largest absolute Gasteiger partial charge is 0.495 e. The van der Waals surface area contributed by atoms with Crippen LogP contribution in [0.1, 0.15) is 11.5 Å². The second-order valence-corrected chi connectivity index (χ2v) is 7.69. The molecule has 11 heteroatoms. The molecule has 0 aliphatic carbocycles. The molecular formula is C22H25N9O2. The molecule has 0 N–H and O–H groups in total. The molecule has 0 radical (unpaired) electrons. The number of aryl methyl sites for hydroxylation is 1. The maximum absolute atomic E-state index is 5.52. The third kappa shape index (κ3) is 4.02. The molecule has 11 nitrogen and oxygen atoms in total. The summed E-state index contributed by atoms with van der Waals surface area (Å²) in [5.41, 5.74) is 3.25. The van der Waals surface area contributed by atoms with Crippen LogP contribution in [0.3, 0.4) is 0 Å². The van der Waals surface area contributed by atoms with E-state index in [9.17, 15) is 0 Å². The average Bonchev–Trinajstić information content (AvgIpc) is 3.28. The molecular weight excluding hydrogens is 422 g/mol. The fourth-order valence-electron chi connectivity index (χ4n) is 4.00. The number of methoxy groups -OCH3 is 2. The minimum atomic E-state index is 0.316. The summed E-state index contributed by atoms with van der Waals surface area (Å²) in [4.78, 5) is 18.1. The van der Waals surface area contributed by atoms with Crippen molar-refractivity contribution in [2.24, 2.45) is 0 Å². The lowest BCUT2D eigenvalue weighted by Crippen LogP contribution is -2.47. The van der Waals surface area contributed by atoms with Crippen molar-refractivity contribution >= 4 is 17.4 Å². The van der Waals surface area contributed by atoms with E-state index in [0.29, 0.717) is 35.5 Å². The predicted molar refractivity (Wildman–Crippen MR) is 122 cm³/mol. The van der Waals surface area contributed by atoms with Gasteiger partial charge in [0.25, 0.3) is 5.78 Å². The first-order valence-corrected chi connectivity index (χ1v) is 10.7. The standard InChI is InChI=1S/C22H25N9O2/c1-15-20(26-27-22-25-19(14-32-2)28-31(15)22)16-8-9-23-21(24-16)30-12-10-29(11-13-30)17-6-4-5-7-18(17)33-3/h4-9H,10-14H2,1-3H3. The van der Waals surface area contributed by atoms with E-state index >= 15 is 0 Å². The van der Waals surface area contributed by atoms with E-state index in [0.717, 1.165) is 43.3 Å². The highest BCUT2D eigenvalue weighted by atomic mass is 16.5. The monoisotopic (exact) mass is 447 g/mol. The third-order valence-electron chi connectivity index (χ3n) is 5.68. The number of ether oxygens (including phenoxy) is 2. The van der Waals surface area contributed by atoms with E-state index in [2.05, 4.69) is 41.1 Å². The van der Waals surface area contributed by atoms with E-state index in [1.807, 2.05) is 31.2 Å². The van der Waals surface area contributed by atoms with Crippen LogP contribution in [0.2, 0.25) is 0 Å². The molecule has 1 aromatic carbocycles. The zero-order valence-electron chi connectivity index (χ0n) is 18.8. The van der Waals surface area contributed by atoms with Gasteiger partial charge in [0.1, 0.15) is 18.1 Å². The summed E-state index contributed by atoms with van der Waals surface area (Å²) in [5, 5.41) is 13.0. The molecule has 0 amide bonds. The van der Waals surface area contributed by atoms with E-state index in [1.54, 1.807) is 24.9 Å². The van der Waals surface area contributed by atoms with E-state index in [1.165, 1.54) is 0 Å². The number of rotatable bonds is 6. The molecule has 170 valence electrons. The molecule has 0 bridgehead atoms. The Balaban J connectivity index is 1.36. The van der Waals surface area contributed by atoms with Crippen LogP contribution in [0.15, 0.2) is 36.5 Å². The second-order valence-electron chi connectivity index (χ2n) is 7.69. The van der Waals surface area contributed by atoms with Crippen molar-refractivity contribution in [1.29, 1.82) is 0 Å². The number of nitrogens with zero attached hydrogens (tertiary/aromatic N) is 9. The Hall–Kier alpha value is -3.86. The lowest BCUT2D eigenvalue weighted by molar-refractivity contribution is 0.178. The van der Waals surface area contributed by atoms with Crippen LogP contribution in [0.5, 0.6) is 5.75 Å². The van der Waals surface area contributed by atoms with Crippen LogP contribution in [0, 0.1) is 6.92 Å². The van der Waals surface area contributed by atoms with Crippen molar-refractivity contribution < 1.29 is 9.47 Å². The number of fused-ring (bicyclic) bond motifs is 1. The smallest absolute Gasteiger partial charge is 0.272 e. The van der Waals surface area contributed by atoms with Crippen LogP contribution in [-0.4, -0.2) is 75.2 Å². The number of para-hydroxylation sites is 2. The zero-order valence-corrected chi connectivity index (χ0v) is 18.8. The van der Waals surface area contributed by atoms with Crippen LogP contribution in [-0.2, 0) is 11.3 Å². The van der Waals surface area contributed by atoms with Crippen molar-refractivity contribution in [3.05, 3.63) is 48.0 Å². The lowest BCUT2D eigenvalue weighted by atomic mass is 10.2. The maximum Gasteiger partial charge on any atom is 0.272 e. The Labute approximate surface area is 191 Å². The average molecular weight is 448 g/mol. The van der Waals surface area contributed by atoms with Gasteiger partial charge < -0.3 is 19.3 Å². The molecule has 0 unspecified atom stereocenters. The van der Waals surface area contributed by atoms with E-state index in [-0.39, 0.29) is 0 Å². The number of piperazine rings is 1. The summed E-state index contributed by atoms with van der Waals surface area (Å²) in [6.07, 6.45) is 1.76. The molecule has 0 saturated carbocycles. The molecule has 1 aliphatic rings. The number of benzene rings is 1. The maximum atomic E-state index is 5.52. The molecule has 0 spiro atoms. The Kier molecular flexibility index (Phi) is 5.69. The summed E-state index contributed by atoms with van der Waals surface area (Å²) >= 11 is 0. The Bertz CT molecular complexity index is 1270. The molecule has 33 heavy (non-hydrogen) atoms. The van der Waals surface area contributed by atoms with Gasteiger partial charge in [0, 0.05) is 39.5 Å². The highest BCUT2D eigenvalue weighted by molar-refractivity contribution is 5.61. The first-order chi connectivity index (χ1) is 16.2. The fraction of sp³-hybridized carbons (Fsp3) is 0.364. The Morgan fingerprint density at radius 1 is 0.939 bits per heavy atom. The lowest BCUT2D eigenvalue weighted by Gasteiger charge is -2.36. The first-order valence-electron chi connectivity index (χ1n) is 10.7. The van der Waals surface area contributed by atoms with Crippen molar-refractivity contribution in [1.82, 2.24) is 34.8 Å². The van der Waals surface area contributed by atoms with Crippen LogP contribution < -0.4 is 14.5 Å². The highest BCUT2D eigenvalue weighted by Crippen LogP contribution is 2.29. The minimum Gasteiger partial charge on any atom is -0.495 e. The highest BCUT2D eigenvalue weighted by Gasteiger charge is 2.22. The number of aromatic nitrogens is 7. The van der Waals surface area contributed by atoms with Crippen LogP contribution in [0.25, 0.3) is 17.2 Å². The molecule has 4 heterocycles. The fourth-order valence-corrected chi connectivity index (χ4v) is 4.00. The summed E-state index contributed by atoms with van der Waals surface area (Å²) in [6.45, 7) is 5.54. The van der Waals surface area contributed by atoms with Gasteiger partial charge in [0.05, 0.1) is 24.2 Å². The normalized spacial score (nSPS) is 14.2. The number of hydrogen-bond acceptors (Lipinski definition) is 10. The van der Waals surface area contributed by atoms with Crippen molar-refractivity contribution in [2.75, 3.05) is 50.2 Å². The topological polar surface area (TPSA) is 107 Å². The zero-order chi connectivity index (χ0) is 22.8. The van der Waals surface area contributed by atoms with E-state index in [4.69, 9.17) is 14.5 Å². The molecule has 1 aliphatic heterocycles. The number of anilines is 2. The van der Waals surface area contributed by atoms with Gasteiger partial charge in [-0.3, -0.25) is 0 Å². The summed E-state index contributed by atoms with van der Waals surface area (Å²) < 4.78 is 12.3. The SMILES string of the molecule is COCc1nc2nnc(-c3ccnc(N4CCN(c5ccccc5OC)CC4)n3)c(C)n2n1. The Morgan fingerprint density at radius 2 is 1.73 bits per heavy atom. The van der Waals surface area contributed by atoms with Crippen molar-refractivity contribution in [3.63, 3.8) is 0 Å². The number of hydrogen-bond donors (Lipinski definition) is 0. The first kappa shape index (κ1) is 21.0. The summed E-state index contributed by atoms with van der Waals surface area (Å²) in [6, 6.07) is 9.93. The van der Waals surface area contributed by atoms with Gasteiger partial charge in [-0.05, 0) is 25.1 Å². The Morgan fingerprint density at radius 3 is 2.52 bits per heavy atom. The van der Waals surface area contributed by atoms with Crippen LogP contribution >= 0.6 is 0 Å². The van der Waals surface area contributed by atoms with Crippen molar-refractivity contribution in [2.45, 2.75) is 13.5 Å². The van der Waals surface area contributed by atoms with Gasteiger partial charge >= 0.3 is 0 Å². The van der Waals surface area contributed by atoms with Gasteiger partial charge in [-0.2, -0.15) is 9.50 Å². The minimum absolute atomic E-state index is 0.316. The van der Waals surface area contributed by atoms with Gasteiger partial charge in [0.15, 0.2) is 5.82 Å². The van der Waals surface area contributed by atoms with Crippen LogP contribution in [0.4, 0.5) is 11.6 Å². The second kappa shape index (κ2) is 8.94. The molecule has 1 fully saturated rings. The van der Waals surface area contributed by atoms with E-state index < -0.39 is 0 Å². The molecule has 5 rings (SSSR count). The summed E-state index contributed by atoms with van der Waals surface area (Å²) in [5.74, 6) is 2.55. The summed E-state index contributed by atoms with van der Waals surface area (Å²) in [7, 11) is 3.31. The van der Waals surface area contributed by atoms with Gasteiger partial charge in [-0.1, -0.05) is 12.1 Å². The predicted octanol–water partition coefficient (Wildman–Crippen LogP) is 1.77. The molecule has 3 aromatic heterocycles. The van der Waals surface area contributed by atoms with Gasteiger partial charge in [-0.25, -0.2) is 9.97 Å².